The first-order valence-electron chi connectivity index (χ1n) is 5.52. The third-order valence-corrected chi connectivity index (χ3v) is 2.72. The van der Waals surface area contributed by atoms with E-state index in [0.717, 1.165) is 12.5 Å². The van der Waals surface area contributed by atoms with Crippen LogP contribution in [0.2, 0.25) is 0 Å². The summed E-state index contributed by atoms with van der Waals surface area (Å²) in [5.74, 6) is 0.803. The number of aliphatic hydroxyl groups excluding tert-OH is 1. The number of aromatic nitrogens is 1. The summed E-state index contributed by atoms with van der Waals surface area (Å²) in [5.41, 5.74) is 0.603. The van der Waals surface area contributed by atoms with E-state index in [2.05, 4.69) is 23.7 Å². The highest BCUT2D eigenvalue weighted by atomic mass is 16.4. The Morgan fingerprint density at radius 2 is 2.33 bits per heavy atom. The fourth-order valence-corrected chi connectivity index (χ4v) is 1.59. The van der Waals surface area contributed by atoms with Crippen molar-refractivity contribution in [3.8, 4) is 0 Å². The van der Waals surface area contributed by atoms with Crippen molar-refractivity contribution in [2.75, 3.05) is 11.4 Å². The summed E-state index contributed by atoms with van der Waals surface area (Å²) in [5, 5.41) is 8.92. The van der Waals surface area contributed by atoms with E-state index in [1.54, 1.807) is 0 Å². The van der Waals surface area contributed by atoms with Crippen molar-refractivity contribution < 1.29 is 9.52 Å². The minimum atomic E-state index is -0.0567. The number of rotatable bonds is 5. The van der Waals surface area contributed by atoms with Crippen LogP contribution in [0.3, 0.4) is 0 Å². The molecule has 0 aromatic carbocycles. The topological polar surface area (TPSA) is 49.5 Å². The third-order valence-electron chi connectivity index (χ3n) is 2.72. The van der Waals surface area contributed by atoms with Crippen LogP contribution in [-0.2, 0) is 6.61 Å². The predicted octanol–water partition coefficient (Wildman–Crippen LogP) is 1.79. The maximum atomic E-state index is 8.92. The molecule has 0 saturated heterocycles. The SMILES string of the molecule is CC(C)N(CC1CC1)c1nc(CO)co1. The number of hydrogen-bond donors (Lipinski definition) is 1. The van der Waals surface area contributed by atoms with Crippen LogP contribution in [0.4, 0.5) is 6.01 Å². The summed E-state index contributed by atoms with van der Waals surface area (Å²) < 4.78 is 5.36. The van der Waals surface area contributed by atoms with Gasteiger partial charge in [-0.05, 0) is 32.6 Å². The molecule has 0 unspecified atom stereocenters. The Bertz CT molecular complexity index is 318. The second-order valence-corrected chi connectivity index (χ2v) is 4.47. The molecule has 0 radical (unpaired) electrons. The van der Waals surface area contributed by atoms with E-state index >= 15 is 0 Å². The van der Waals surface area contributed by atoms with Crippen LogP contribution in [-0.4, -0.2) is 22.7 Å². The molecule has 84 valence electrons. The molecule has 1 aromatic rings. The number of nitrogens with zero attached hydrogens (tertiary/aromatic N) is 2. The third kappa shape index (κ3) is 2.50. The average molecular weight is 210 g/mol. The summed E-state index contributed by atoms with van der Waals surface area (Å²) in [6.45, 7) is 5.22. The Labute approximate surface area is 89.9 Å². The van der Waals surface area contributed by atoms with E-state index in [1.807, 2.05) is 0 Å². The minimum Gasteiger partial charge on any atom is -0.432 e. The van der Waals surface area contributed by atoms with Crippen molar-refractivity contribution in [3.63, 3.8) is 0 Å². The summed E-state index contributed by atoms with van der Waals surface area (Å²) >= 11 is 0. The molecule has 4 heteroatoms. The molecule has 1 aliphatic carbocycles. The van der Waals surface area contributed by atoms with Crippen molar-refractivity contribution in [1.82, 2.24) is 4.98 Å². The van der Waals surface area contributed by atoms with Crippen LogP contribution in [0, 0.1) is 5.92 Å². The number of hydrogen-bond acceptors (Lipinski definition) is 4. The van der Waals surface area contributed by atoms with Crippen LogP contribution in [0.1, 0.15) is 32.4 Å². The van der Waals surface area contributed by atoms with Gasteiger partial charge in [0.05, 0.1) is 6.61 Å². The van der Waals surface area contributed by atoms with E-state index < -0.39 is 0 Å². The molecule has 0 spiro atoms. The highest BCUT2D eigenvalue weighted by Crippen LogP contribution is 2.32. The maximum absolute atomic E-state index is 8.92. The molecule has 1 N–H and O–H groups in total. The van der Waals surface area contributed by atoms with Gasteiger partial charge in [-0.15, -0.1) is 0 Å². The largest absolute Gasteiger partial charge is 0.432 e. The van der Waals surface area contributed by atoms with E-state index in [-0.39, 0.29) is 6.61 Å². The van der Waals surface area contributed by atoms with Gasteiger partial charge in [0, 0.05) is 12.6 Å². The zero-order chi connectivity index (χ0) is 10.8. The average Bonchev–Trinajstić information content (AvgIpc) is 2.91. The second kappa shape index (κ2) is 4.23. The fourth-order valence-electron chi connectivity index (χ4n) is 1.59. The van der Waals surface area contributed by atoms with Crippen molar-refractivity contribution >= 4 is 6.01 Å². The summed E-state index contributed by atoms with van der Waals surface area (Å²) in [7, 11) is 0. The maximum Gasteiger partial charge on any atom is 0.297 e. The van der Waals surface area contributed by atoms with Crippen molar-refractivity contribution in [2.45, 2.75) is 39.3 Å². The van der Waals surface area contributed by atoms with Gasteiger partial charge in [-0.25, -0.2) is 0 Å². The van der Waals surface area contributed by atoms with Crippen molar-refractivity contribution in [1.29, 1.82) is 0 Å². The molecule has 1 aromatic heterocycles. The smallest absolute Gasteiger partial charge is 0.297 e. The first kappa shape index (κ1) is 10.5. The number of anilines is 1. The van der Waals surface area contributed by atoms with Gasteiger partial charge in [-0.2, -0.15) is 4.98 Å². The fraction of sp³-hybridized carbons (Fsp3) is 0.727. The van der Waals surface area contributed by atoms with Gasteiger partial charge in [-0.1, -0.05) is 0 Å². The molecule has 1 heterocycles. The van der Waals surface area contributed by atoms with Gasteiger partial charge in [0.25, 0.3) is 6.01 Å². The molecule has 15 heavy (non-hydrogen) atoms. The summed E-state index contributed by atoms with van der Waals surface area (Å²) in [6, 6.07) is 1.02. The molecule has 2 rings (SSSR count). The lowest BCUT2D eigenvalue weighted by molar-refractivity contribution is 0.276. The van der Waals surface area contributed by atoms with Crippen LogP contribution in [0.15, 0.2) is 10.7 Å². The molecule has 0 aliphatic heterocycles. The van der Waals surface area contributed by atoms with E-state index in [4.69, 9.17) is 9.52 Å². The molecule has 1 aliphatic rings. The van der Waals surface area contributed by atoms with Gasteiger partial charge < -0.3 is 14.4 Å². The Balaban J connectivity index is 2.07. The lowest BCUT2D eigenvalue weighted by Gasteiger charge is -2.24. The first-order chi connectivity index (χ1) is 7.20. The zero-order valence-corrected chi connectivity index (χ0v) is 9.31. The van der Waals surface area contributed by atoms with Crippen LogP contribution in [0.25, 0.3) is 0 Å². The van der Waals surface area contributed by atoms with Crippen LogP contribution < -0.4 is 4.90 Å². The molecule has 1 fully saturated rings. The predicted molar refractivity (Wildman–Crippen MR) is 57.6 cm³/mol. The van der Waals surface area contributed by atoms with Crippen molar-refractivity contribution in [2.24, 2.45) is 5.92 Å². The quantitative estimate of drug-likeness (QED) is 0.805. The molecular formula is C11H18N2O2. The minimum absolute atomic E-state index is 0.0567. The Hall–Kier alpha value is -1.03. The van der Waals surface area contributed by atoms with E-state index in [1.165, 1.54) is 19.1 Å². The first-order valence-corrected chi connectivity index (χ1v) is 5.52. The summed E-state index contributed by atoms with van der Waals surface area (Å²) in [6.07, 6.45) is 4.16. The van der Waals surface area contributed by atoms with E-state index in [0.29, 0.717) is 17.8 Å². The summed E-state index contributed by atoms with van der Waals surface area (Å²) in [4.78, 5) is 6.40. The van der Waals surface area contributed by atoms with Crippen LogP contribution >= 0.6 is 0 Å². The standard InChI is InChI=1S/C11H18N2O2/c1-8(2)13(5-9-3-4-9)11-12-10(6-14)7-15-11/h7-9,14H,3-6H2,1-2H3. The Kier molecular flexibility index (Phi) is 2.95. The number of oxazole rings is 1. The van der Waals surface area contributed by atoms with Gasteiger partial charge in [0.2, 0.25) is 0 Å². The molecule has 0 amide bonds. The van der Waals surface area contributed by atoms with Crippen molar-refractivity contribution in [3.05, 3.63) is 12.0 Å². The van der Waals surface area contributed by atoms with Crippen LogP contribution in [0.5, 0.6) is 0 Å². The Morgan fingerprint density at radius 1 is 1.60 bits per heavy atom. The van der Waals surface area contributed by atoms with Gasteiger partial charge >= 0.3 is 0 Å². The highest BCUT2D eigenvalue weighted by Gasteiger charge is 2.27. The van der Waals surface area contributed by atoms with Gasteiger partial charge in [0.15, 0.2) is 0 Å². The molecular weight excluding hydrogens is 192 g/mol. The van der Waals surface area contributed by atoms with Gasteiger partial charge in [0.1, 0.15) is 12.0 Å². The molecule has 4 nitrogen and oxygen atoms in total. The monoisotopic (exact) mass is 210 g/mol. The molecule has 0 bridgehead atoms. The normalized spacial score (nSPS) is 16.0. The number of aliphatic hydroxyl groups is 1. The molecule has 0 atom stereocenters. The van der Waals surface area contributed by atoms with E-state index in [9.17, 15) is 0 Å². The zero-order valence-electron chi connectivity index (χ0n) is 9.31. The molecule has 1 saturated carbocycles. The lowest BCUT2D eigenvalue weighted by Crippen LogP contribution is -2.33. The lowest BCUT2D eigenvalue weighted by atomic mass is 10.3. The van der Waals surface area contributed by atoms with Gasteiger partial charge in [-0.3, -0.25) is 0 Å². The highest BCUT2D eigenvalue weighted by molar-refractivity contribution is 5.28. The Morgan fingerprint density at radius 3 is 2.80 bits per heavy atom. The second-order valence-electron chi connectivity index (χ2n) is 4.47.